The van der Waals surface area contributed by atoms with Gasteiger partial charge in [-0.15, -0.1) is 0 Å². The van der Waals surface area contributed by atoms with Crippen molar-refractivity contribution in [2.24, 2.45) is 5.10 Å². The summed E-state index contributed by atoms with van der Waals surface area (Å²) in [6.07, 6.45) is 2.73. The summed E-state index contributed by atoms with van der Waals surface area (Å²) in [5, 5.41) is 8.85. The van der Waals surface area contributed by atoms with Crippen LogP contribution in [0.15, 0.2) is 23.3 Å². The Hall–Kier alpha value is -1.71. The number of nitrogens with zero attached hydrogens (tertiary/aromatic N) is 1. The molecule has 0 atom stereocenters. The van der Waals surface area contributed by atoms with Gasteiger partial charge in [0.2, 0.25) is 0 Å². The zero-order chi connectivity index (χ0) is 9.68. The fourth-order valence-electron chi connectivity index (χ4n) is 0.902. The smallest absolute Gasteiger partial charge is 0.180 e. The predicted octanol–water partition coefficient (Wildman–Crippen LogP) is 0.362. The van der Waals surface area contributed by atoms with E-state index in [9.17, 15) is 4.39 Å². The van der Waals surface area contributed by atoms with E-state index in [2.05, 4.69) is 10.5 Å². The minimum absolute atomic E-state index is 0.252. The maximum atomic E-state index is 12.6. The number of hydrogen-bond donors (Lipinski definition) is 2. The number of anilines is 1. The number of rotatable bonds is 3. The van der Waals surface area contributed by atoms with Crippen LogP contribution in [0.5, 0.6) is 0 Å². The summed E-state index contributed by atoms with van der Waals surface area (Å²) < 4.78 is 12.6. The first-order valence-corrected chi connectivity index (χ1v) is 3.83. The Bertz CT molecular complexity index is 334. The molecule has 0 saturated carbocycles. The molecular weight excluding hydrogens is 169 g/mol. The molecule has 0 radical (unpaired) electrons. The predicted molar refractivity (Wildman–Crippen MR) is 51.2 cm³/mol. The Morgan fingerprint density at radius 3 is 2.92 bits per heavy atom. The van der Waals surface area contributed by atoms with Crippen LogP contribution in [0.1, 0.15) is 5.56 Å². The number of hydrogen-bond acceptors (Lipinski definition) is 2. The molecule has 0 spiro atoms. The van der Waals surface area contributed by atoms with Gasteiger partial charge in [-0.1, -0.05) is 0 Å². The number of nitrogens with one attached hydrogen (secondary N) is 1. The number of hydrazone groups is 1. The van der Waals surface area contributed by atoms with Crippen LogP contribution in [0, 0.1) is 12.7 Å². The molecule has 0 bridgehead atoms. The molecule has 13 heavy (non-hydrogen) atoms. The fourth-order valence-corrected chi connectivity index (χ4v) is 0.902. The van der Waals surface area contributed by atoms with Gasteiger partial charge in [0.1, 0.15) is 12.0 Å². The Labute approximate surface area is 75.8 Å². The highest BCUT2D eigenvalue weighted by Gasteiger charge is 1.97. The highest BCUT2D eigenvalue weighted by molar-refractivity contribution is 6.13. The first-order valence-electron chi connectivity index (χ1n) is 3.83. The molecule has 0 amide bonds. The monoisotopic (exact) mass is 180 g/mol. The van der Waals surface area contributed by atoms with Crippen LogP contribution >= 0.6 is 0 Å². The summed E-state index contributed by atoms with van der Waals surface area (Å²) in [4.78, 5) is 0. The van der Waals surface area contributed by atoms with E-state index in [0.717, 1.165) is 11.3 Å². The molecule has 1 rings (SSSR count). The first kappa shape index (κ1) is 9.38. The largest absolute Gasteiger partial charge is 0.278 e. The molecule has 0 unspecified atom stereocenters. The topological polar surface area (TPSA) is 50.0 Å². The van der Waals surface area contributed by atoms with Crippen molar-refractivity contribution in [2.45, 2.75) is 6.92 Å². The second-order valence-electron chi connectivity index (χ2n) is 2.54. The van der Waals surface area contributed by atoms with Crippen molar-refractivity contribution in [2.75, 3.05) is 5.43 Å². The minimum atomic E-state index is -0.252. The van der Waals surface area contributed by atoms with Gasteiger partial charge in [-0.2, -0.15) is 5.10 Å². The van der Waals surface area contributed by atoms with Gasteiger partial charge >= 0.3 is 0 Å². The number of aryl methyl sites for hydroxylation is 1. The molecule has 0 aliphatic carbocycles. The van der Waals surface area contributed by atoms with Crippen molar-refractivity contribution in [3.63, 3.8) is 0 Å². The molecule has 68 valence electrons. The van der Waals surface area contributed by atoms with Crippen LogP contribution in [-0.2, 0) is 0 Å². The van der Waals surface area contributed by atoms with Gasteiger partial charge in [-0.05, 0) is 30.7 Å². The maximum Gasteiger partial charge on any atom is 0.180 e. The van der Waals surface area contributed by atoms with Gasteiger partial charge in [-0.25, -0.2) is 4.39 Å². The molecule has 0 saturated heterocycles. The Morgan fingerprint density at radius 2 is 2.31 bits per heavy atom. The number of benzene rings is 1. The van der Waals surface area contributed by atoms with E-state index in [1.54, 1.807) is 13.0 Å². The quantitative estimate of drug-likeness (QED) is 0.512. The molecule has 0 aromatic heterocycles. The Balaban J connectivity index is 2.77. The zero-order valence-electron chi connectivity index (χ0n) is 7.29. The third kappa shape index (κ3) is 2.66. The summed E-state index contributed by atoms with van der Waals surface area (Å²) >= 11 is 0. The lowest BCUT2D eigenvalue weighted by Gasteiger charge is -2.03. The molecule has 3 N–H and O–H groups in total. The van der Waals surface area contributed by atoms with Crippen molar-refractivity contribution in [1.29, 1.82) is 0 Å². The first-order chi connectivity index (χ1) is 6.24. The third-order valence-corrected chi connectivity index (χ3v) is 1.53. The van der Waals surface area contributed by atoms with Gasteiger partial charge in [0.25, 0.3) is 0 Å². The normalized spacial score (nSPS) is 10.3. The second-order valence-corrected chi connectivity index (χ2v) is 2.54. The van der Waals surface area contributed by atoms with Gasteiger partial charge in [0, 0.05) is 0 Å². The lowest BCUT2D eigenvalue weighted by Crippen LogP contribution is -2.30. The van der Waals surface area contributed by atoms with Crippen molar-refractivity contribution in [1.82, 2.24) is 0 Å². The number of nitrogens with two attached hydrogens (primary N) is 1. The summed E-state index contributed by atoms with van der Waals surface area (Å²) in [7, 11) is 0. The molecule has 0 aliphatic rings. The van der Waals surface area contributed by atoms with Crippen LogP contribution in [0.2, 0.25) is 0 Å². The van der Waals surface area contributed by atoms with Crippen LogP contribution < -0.4 is 10.8 Å². The van der Waals surface area contributed by atoms with Crippen molar-refractivity contribution in [3.05, 3.63) is 29.6 Å². The van der Waals surface area contributed by atoms with E-state index in [0.29, 0.717) is 0 Å². The van der Waals surface area contributed by atoms with Crippen molar-refractivity contribution >= 4 is 18.1 Å². The van der Waals surface area contributed by atoms with Gasteiger partial charge < -0.3 is 0 Å². The Morgan fingerprint density at radius 1 is 1.54 bits per heavy atom. The van der Waals surface area contributed by atoms with E-state index < -0.39 is 0 Å². The standard InChI is InChI=1S/C9H10FN3/c1-7-6-8(10)2-3-9(7)13-12-5-4-11/h2-6,11,13H,1H3/p+1/b11-4?,12-5-. The molecule has 0 aliphatic heterocycles. The Kier molecular flexibility index (Phi) is 3.14. The molecule has 1 aromatic rings. The highest BCUT2D eigenvalue weighted by atomic mass is 19.1. The van der Waals surface area contributed by atoms with Crippen LogP contribution in [0.4, 0.5) is 10.1 Å². The van der Waals surface area contributed by atoms with Gasteiger partial charge in [-0.3, -0.25) is 10.8 Å². The lowest BCUT2D eigenvalue weighted by atomic mass is 10.2. The van der Waals surface area contributed by atoms with E-state index >= 15 is 0 Å². The molecule has 0 heterocycles. The molecule has 1 aromatic carbocycles. The van der Waals surface area contributed by atoms with E-state index in [1.807, 2.05) is 0 Å². The van der Waals surface area contributed by atoms with E-state index in [-0.39, 0.29) is 5.82 Å². The molecule has 0 fully saturated rings. The fraction of sp³-hybridized carbons (Fsp3) is 0.111. The van der Waals surface area contributed by atoms with E-state index in [1.165, 1.54) is 24.6 Å². The van der Waals surface area contributed by atoms with Gasteiger partial charge in [0.15, 0.2) is 6.21 Å². The minimum Gasteiger partial charge on any atom is -0.278 e. The summed E-state index contributed by atoms with van der Waals surface area (Å²) in [6.45, 7) is 1.80. The zero-order valence-corrected chi connectivity index (χ0v) is 7.29. The molecular formula is C9H11FN3+. The van der Waals surface area contributed by atoms with Crippen molar-refractivity contribution in [3.8, 4) is 0 Å². The second kappa shape index (κ2) is 4.35. The highest BCUT2D eigenvalue weighted by Crippen LogP contribution is 2.14. The molecule has 4 heteroatoms. The van der Waals surface area contributed by atoms with E-state index in [4.69, 9.17) is 5.41 Å². The summed E-state index contributed by atoms with van der Waals surface area (Å²) in [5.41, 5.74) is 4.30. The average molecular weight is 180 g/mol. The molecule has 3 nitrogen and oxygen atoms in total. The van der Waals surface area contributed by atoms with Crippen LogP contribution in [0.3, 0.4) is 0 Å². The maximum absolute atomic E-state index is 12.6. The summed E-state index contributed by atoms with van der Waals surface area (Å²) in [5.74, 6) is -0.252. The SMILES string of the molecule is Cc1cc(F)ccc1N/N=C\C=[NH2+]. The summed E-state index contributed by atoms with van der Waals surface area (Å²) in [6, 6.07) is 4.43. The van der Waals surface area contributed by atoms with Gasteiger partial charge in [0.05, 0.1) is 5.69 Å². The van der Waals surface area contributed by atoms with Crippen LogP contribution in [0.25, 0.3) is 0 Å². The van der Waals surface area contributed by atoms with Crippen LogP contribution in [-0.4, -0.2) is 12.4 Å². The number of halogens is 1. The lowest BCUT2D eigenvalue weighted by molar-refractivity contribution is -0.102. The average Bonchev–Trinajstić information content (AvgIpc) is 2.09. The third-order valence-electron chi connectivity index (χ3n) is 1.53. The van der Waals surface area contributed by atoms with Crippen molar-refractivity contribution < 1.29 is 9.80 Å².